The zero-order chi connectivity index (χ0) is 28.7. The first-order chi connectivity index (χ1) is 19.7. The highest BCUT2D eigenvalue weighted by atomic mass is 32.1. The normalized spacial score (nSPS) is 12.3. The van der Waals surface area contributed by atoms with Crippen LogP contribution >= 0.6 is 11.3 Å². The van der Waals surface area contributed by atoms with E-state index in [1.54, 1.807) is 18.9 Å². The van der Waals surface area contributed by atoms with Crippen LogP contribution in [0.5, 0.6) is 11.5 Å². The molecular weight excluding hydrogens is 534 g/mol. The number of para-hydroxylation sites is 1. The average Bonchev–Trinajstić information content (AvgIpc) is 3.68. The molecule has 0 atom stereocenters. The van der Waals surface area contributed by atoms with Gasteiger partial charge in [-0.3, -0.25) is 4.79 Å². The van der Waals surface area contributed by atoms with E-state index in [2.05, 4.69) is 43.0 Å². The van der Waals surface area contributed by atoms with Crippen molar-refractivity contribution in [3.8, 4) is 39.8 Å². The minimum atomic E-state index is -0.221. The molecule has 0 aliphatic heterocycles. The molecule has 0 amide bonds. The average molecular weight is 564 g/mol. The maximum absolute atomic E-state index is 13.4. The SMILES string of the molecule is COc1ccc(-c2nn(-c3ccccc3)cc2/C=c2\sc3nc(-c4ccc(C(C)(C)C)cc4)nn3c2=O)cc1OC. The molecule has 0 bridgehead atoms. The summed E-state index contributed by atoms with van der Waals surface area (Å²) in [5, 5.41) is 9.42. The Hall–Kier alpha value is -4.76. The molecule has 0 aliphatic rings. The molecule has 0 saturated heterocycles. The van der Waals surface area contributed by atoms with E-state index in [1.807, 2.05) is 72.9 Å². The summed E-state index contributed by atoms with van der Waals surface area (Å²) < 4.78 is 14.6. The lowest BCUT2D eigenvalue weighted by Crippen LogP contribution is -2.23. The van der Waals surface area contributed by atoms with E-state index in [-0.39, 0.29) is 11.0 Å². The van der Waals surface area contributed by atoms with Crippen molar-refractivity contribution in [2.75, 3.05) is 14.2 Å². The van der Waals surface area contributed by atoms with Gasteiger partial charge in [0.1, 0.15) is 5.69 Å². The number of methoxy groups -OCH3 is 2. The van der Waals surface area contributed by atoms with Gasteiger partial charge in [-0.1, -0.05) is 74.6 Å². The molecule has 0 saturated carbocycles. The van der Waals surface area contributed by atoms with Crippen molar-refractivity contribution >= 4 is 22.4 Å². The molecule has 3 aromatic carbocycles. The van der Waals surface area contributed by atoms with Crippen LogP contribution in [0.3, 0.4) is 0 Å². The summed E-state index contributed by atoms with van der Waals surface area (Å²) >= 11 is 1.30. The van der Waals surface area contributed by atoms with Gasteiger partial charge >= 0.3 is 0 Å². The number of aromatic nitrogens is 5. The molecule has 0 aliphatic carbocycles. The van der Waals surface area contributed by atoms with Gasteiger partial charge in [0.05, 0.1) is 24.4 Å². The zero-order valence-corrected chi connectivity index (χ0v) is 24.3. The van der Waals surface area contributed by atoms with E-state index < -0.39 is 0 Å². The molecule has 0 spiro atoms. The van der Waals surface area contributed by atoms with E-state index in [9.17, 15) is 4.79 Å². The number of nitrogens with zero attached hydrogens (tertiary/aromatic N) is 5. The largest absolute Gasteiger partial charge is 0.493 e. The van der Waals surface area contributed by atoms with Crippen molar-refractivity contribution in [2.45, 2.75) is 26.2 Å². The molecule has 8 nitrogen and oxygen atoms in total. The molecule has 0 N–H and O–H groups in total. The maximum Gasteiger partial charge on any atom is 0.291 e. The topological polar surface area (TPSA) is 83.5 Å². The van der Waals surface area contributed by atoms with Crippen LogP contribution < -0.4 is 19.6 Å². The van der Waals surface area contributed by atoms with Crippen molar-refractivity contribution in [3.05, 3.63) is 105 Å². The molecule has 9 heteroatoms. The third-order valence-electron chi connectivity index (χ3n) is 6.90. The van der Waals surface area contributed by atoms with Crippen LogP contribution in [0.25, 0.3) is 39.4 Å². The summed E-state index contributed by atoms with van der Waals surface area (Å²) in [6.07, 6.45) is 3.76. The number of hydrogen-bond acceptors (Lipinski definition) is 7. The van der Waals surface area contributed by atoms with E-state index >= 15 is 0 Å². The molecular formula is C32H29N5O3S. The van der Waals surface area contributed by atoms with Crippen molar-refractivity contribution in [3.63, 3.8) is 0 Å². The molecule has 6 aromatic rings. The van der Waals surface area contributed by atoms with Gasteiger partial charge in [0, 0.05) is 22.9 Å². The van der Waals surface area contributed by atoms with Gasteiger partial charge in [-0.15, -0.1) is 5.10 Å². The van der Waals surface area contributed by atoms with Crippen molar-refractivity contribution in [2.24, 2.45) is 0 Å². The van der Waals surface area contributed by atoms with E-state index in [4.69, 9.17) is 14.6 Å². The Labute approximate surface area is 241 Å². The highest BCUT2D eigenvalue weighted by Crippen LogP contribution is 2.34. The van der Waals surface area contributed by atoms with Crippen LogP contribution in [0.15, 0.2) is 83.8 Å². The van der Waals surface area contributed by atoms with Crippen LogP contribution in [-0.2, 0) is 5.41 Å². The fraction of sp³-hybridized carbons (Fsp3) is 0.188. The summed E-state index contributed by atoms with van der Waals surface area (Å²) in [4.78, 5) is 18.7. The number of rotatable bonds is 6. The Morgan fingerprint density at radius 2 is 1.56 bits per heavy atom. The predicted octanol–water partition coefficient (Wildman–Crippen LogP) is 5.53. The first-order valence-electron chi connectivity index (χ1n) is 13.1. The highest BCUT2D eigenvalue weighted by molar-refractivity contribution is 7.15. The Bertz CT molecular complexity index is 1970. The van der Waals surface area contributed by atoms with Crippen LogP contribution in [-0.4, -0.2) is 38.6 Å². The minimum Gasteiger partial charge on any atom is -0.493 e. The van der Waals surface area contributed by atoms with Crippen LogP contribution in [0.2, 0.25) is 0 Å². The fourth-order valence-corrected chi connectivity index (χ4v) is 5.53. The number of ether oxygens (including phenoxy) is 2. The standard InChI is InChI=1S/C32H29N5O3S/c1-32(2,3)23-14-11-20(12-15-23)29-33-31-37(35-29)30(38)27(41-31)18-22-19-36(24-9-7-6-8-10-24)34-28(22)21-13-16-25(39-4)26(17-21)40-5/h6-19H,1-5H3/b27-18-. The second-order valence-corrected chi connectivity index (χ2v) is 11.7. The summed E-state index contributed by atoms with van der Waals surface area (Å²) in [5.74, 6) is 1.75. The third-order valence-corrected chi connectivity index (χ3v) is 7.86. The van der Waals surface area contributed by atoms with Gasteiger partial charge in [0.15, 0.2) is 17.3 Å². The van der Waals surface area contributed by atoms with E-state index in [0.717, 1.165) is 22.4 Å². The lowest BCUT2D eigenvalue weighted by atomic mass is 9.87. The Balaban J connectivity index is 1.44. The molecule has 0 radical (unpaired) electrons. The zero-order valence-electron chi connectivity index (χ0n) is 23.5. The number of benzene rings is 3. The second-order valence-electron chi connectivity index (χ2n) is 10.7. The first kappa shape index (κ1) is 26.5. The van der Waals surface area contributed by atoms with Crippen molar-refractivity contribution < 1.29 is 9.47 Å². The number of thiazole rings is 1. The van der Waals surface area contributed by atoms with Crippen LogP contribution in [0.4, 0.5) is 0 Å². The van der Waals surface area contributed by atoms with Gasteiger partial charge in [-0.25, -0.2) is 4.68 Å². The fourth-order valence-electron chi connectivity index (χ4n) is 4.63. The van der Waals surface area contributed by atoms with Crippen LogP contribution in [0.1, 0.15) is 31.9 Å². The lowest BCUT2D eigenvalue weighted by molar-refractivity contribution is 0.355. The Morgan fingerprint density at radius 3 is 2.22 bits per heavy atom. The van der Waals surface area contributed by atoms with E-state index in [0.29, 0.717) is 32.5 Å². The first-order valence-corrected chi connectivity index (χ1v) is 14.0. The van der Waals surface area contributed by atoms with Gasteiger partial charge in [-0.05, 0) is 47.4 Å². The Kier molecular flexibility index (Phi) is 6.67. The summed E-state index contributed by atoms with van der Waals surface area (Å²) in [6.45, 7) is 6.53. The summed E-state index contributed by atoms with van der Waals surface area (Å²) in [7, 11) is 3.20. The van der Waals surface area contributed by atoms with Crippen molar-refractivity contribution in [1.29, 1.82) is 0 Å². The molecule has 41 heavy (non-hydrogen) atoms. The summed E-state index contributed by atoms with van der Waals surface area (Å²) in [5.41, 5.74) is 5.15. The summed E-state index contributed by atoms with van der Waals surface area (Å²) in [6, 6.07) is 23.7. The van der Waals surface area contributed by atoms with Crippen LogP contribution in [0, 0.1) is 0 Å². The minimum absolute atomic E-state index is 0.0531. The predicted molar refractivity (Wildman–Crippen MR) is 162 cm³/mol. The third kappa shape index (κ3) is 5.00. The Morgan fingerprint density at radius 1 is 0.854 bits per heavy atom. The molecule has 0 unspecified atom stereocenters. The maximum atomic E-state index is 13.4. The quantitative estimate of drug-likeness (QED) is 0.265. The molecule has 3 heterocycles. The van der Waals surface area contributed by atoms with Gasteiger partial charge < -0.3 is 9.47 Å². The molecule has 3 aromatic heterocycles. The lowest BCUT2D eigenvalue weighted by Gasteiger charge is -2.18. The van der Waals surface area contributed by atoms with Gasteiger partial charge in [0.2, 0.25) is 4.96 Å². The molecule has 6 rings (SSSR count). The highest BCUT2D eigenvalue weighted by Gasteiger charge is 2.18. The number of hydrogen-bond donors (Lipinski definition) is 0. The molecule has 0 fully saturated rings. The smallest absolute Gasteiger partial charge is 0.291 e. The van der Waals surface area contributed by atoms with Gasteiger partial charge in [-0.2, -0.15) is 14.6 Å². The van der Waals surface area contributed by atoms with E-state index in [1.165, 1.54) is 21.4 Å². The monoisotopic (exact) mass is 563 g/mol. The number of fused-ring (bicyclic) bond motifs is 1. The van der Waals surface area contributed by atoms with Gasteiger partial charge in [0.25, 0.3) is 5.56 Å². The molecule has 206 valence electrons. The second kappa shape index (κ2) is 10.3. The van der Waals surface area contributed by atoms with Crippen molar-refractivity contribution in [1.82, 2.24) is 24.4 Å².